The summed E-state index contributed by atoms with van der Waals surface area (Å²) in [6.45, 7) is 7.98. The fourth-order valence-electron chi connectivity index (χ4n) is 2.79. The molecule has 0 bridgehead atoms. The van der Waals surface area contributed by atoms with Gasteiger partial charge in [-0.15, -0.1) is 0 Å². The summed E-state index contributed by atoms with van der Waals surface area (Å²) in [5.41, 5.74) is 5.40. The minimum absolute atomic E-state index is 0.0746. The van der Waals surface area contributed by atoms with Crippen molar-refractivity contribution in [1.82, 2.24) is 10.2 Å². The summed E-state index contributed by atoms with van der Waals surface area (Å²) in [6.07, 6.45) is 1.63. The number of aliphatic hydroxyl groups excluding tert-OH is 1. The van der Waals surface area contributed by atoms with Crippen molar-refractivity contribution >= 4 is 6.09 Å². The van der Waals surface area contributed by atoms with E-state index in [-0.39, 0.29) is 11.5 Å². The summed E-state index contributed by atoms with van der Waals surface area (Å²) in [6, 6.07) is 0. The van der Waals surface area contributed by atoms with Crippen LogP contribution in [0.3, 0.4) is 0 Å². The Bertz CT molecular complexity index is 334. The summed E-state index contributed by atoms with van der Waals surface area (Å²) >= 11 is 0. The molecule has 1 heterocycles. The number of rotatable bonds is 5. The Balaban J connectivity index is 2.53. The first-order valence-corrected chi connectivity index (χ1v) is 7.72. The van der Waals surface area contributed by atoms with E-state index in [2.05, 4.69) is 5.32 Å². The average molecular weight is 301 g/mol. The zero-order chi connectivity index (χ0) is 16.1. The van der Waals surface area contributed by atoms with E-state index in [4.69, 9.17) is 10.5 Å². The molecule has 4 N–H and O–H groups in total. The monoisotopic (exact) mass is 301 g/mol. The molecule has 0 spiro atoms. The molecule has 1 aliphatic heterocycles. The topological polar surface area (TPSA) is 87.8 Å². The zero-order valence-electron chi connectivity index (χ0n) is 13.8. The third-order valence-electron chi connectivity index (χ3n) is 4.02. The van der Waals surface area contributed by atoms with E-state index in [0.717, 1.165) is 12.8 Å². The number of carbonyl (C=O) groups excluding carboxylic acids is 1. The normalized spacial score (nSPS) is 20.2. The van der Waals surface area contributed by atoms with Crippen molar-refractivity contribution in [3.63, 3.8) is 0 Å². The number of amides is 1. The molecule has 1 rings (SSSR count). The van der Waals surface area contributed by atoms with Gasteiger partial charge in [0.15, 0.2) is 0 Å². The van der Waals surface area contributed by atoms with Crippen LogP contribution in [-0.4, -0.2) is 61.0 Å². The van der Waals surface area contributed by atoms with E-state index in [9.17, 15) is 9.90 Å². The maximum absolute atomic E-state index is 12.1. The number of hydrogen-bond acceptors (Lipinski definition) is 5. The molecule has 0 aliphatic carbocycles. The van der Waals surface area contributed by atoms with Gasteiger partial charge < -0.3 is 25.8 Å². The Hall–Kier alpha value is -0.850. The lowest BCUT2D eigenvalue weighted by Gasteiger charge is -2.42. The molecule has 6 nitrogen and oxygen atoms in total. The Morgan fingerprint density at radius 2 is 2.00 bits per heavy atom. The van der Waals surface area contributed by atoms with Gasteiger partial charge in [0, 0.05) is 19.6 Å². The van der Waals surface area contributed by atoms with Crippen LogP contribution in [-0.2, 0) is 4.74 Å². The largest absolute Gasteiger partial charge is 0.444 e. The summed E-state index contributed by atoms with van der Waals surface area (Å²) in [7, 11) is 1.82. The lowest BCUT2D eigenvalue weighted by Crippen LogP contribution is -2.49. The lowest BCUT2D eigenvalue weighted by molar-refractivity contribution is 0.00291. The van der Waals surface area contributed by atoms with Crippen LogP contribution in [0.15, 0.2) is 0 Å². The molecule has 0 radical (unpaired) electrons. The summed E-state index contributed by atoms with van der Waals surface area (Å²) < 4.78 is 5.40. The predicted molar refractivity (Wildman–Crippen MR) is 83.1 cm³/mol. The zero-order valence-corrected chi connectivity index (χ0v) is 13.8. The molecule has 21 heavy (non-hydrogen) atoms. The van der Waals surface area contributed by atoms with Gasteiger partial charge in [-0.25, -0.2) is 4.79 Å². The minimum Gasteiger partial charge on any atom is -0.444 e. The molecular weight excluding hydrogens is 270 g/mol. The number of hydrogen-bond donors (Lipinski definition) is 3. The number of likely N-dealkylation sites (tertiary alicyclic amines) is 1. The van der Waals surface area contributed by atoms with Crippen LogP contribution in [0.4, 0.5) is 4.79 Å². The van der Waals surface area contributed by atoms with Crippen LogP contribution >= 0.6 is 0 Å². The van der Waals surface area contributed by atoms with Crippen molar-refractivity contribution < 1.29 is 14.6 Å². The van der Waals surface area contributed by atoms with Crippen molar-refractivity contribution in [3.05, 3.63) is 0 Å². The van der Waals surface area contributed by atoms with Gasteiger partial charge in [0.05, 0.1) is 6.10 Å². The molecule has 1 saturated heterocycles. The number of piperidine rings is 1. The summed E-state index contributed by atoms with van der Waals surface area (Å²) in [4.78, 5) is 13.8. The molecular formula is C15H31N3O3. The SMILES string of the molecule is CNCC(O)CC1(CN)CCN(C(=O)OC(C)(C)C)CC1. The van der Waals surface area contributed by atoms with Crippen LogP contribution in [0.1, 0.15) is 40.0 Å². The van der Waals surface area contributed by atoms with E-state index in [0.29, 0.717) is 32.6 Å². The van der Waals surface area contributed by atoms with Crippen LogP contribution in [0.25, 0.3) is 0 Å². The highest BCUT2D eigenvalue weighted by atomic mass is 16.6. The molecule has 1 amide bonds. The maximum atomic E-state index is 12.1. The fraction of sp³-hybridized carbons (Fsp3) is 0.933. The van der Waals surface area contributed by atoms with E-state index < -0.39 is 11.7 Å². The van der Waals surface area contributed by atoms with Crippen LogP contribution < -0.4 is 11.1 Å². The summed E-state index contributed by atoms with van der Waals surface area (Å²) in [5.74, 6) is 0. The molecule has 1 fully saturated rings. The first-order chi connectivity index (χ1) is 9.71. The second-order valence-corrected chi connectivity index (χ2v) is 7.09. The number of nitrogens with one attached hydrogen (secondary N) is 1. The van der Waals surface area contributed by atoms with E-state index in [1.54, 1.807) is 4.90 Å². The fourth-order valence-corrected chi connectivity index (χ4v) is 2.79. The van der Waals surface area contributed by atoms with Crippen LogP contribution in [0.5, 0.6) is 0 Å². The van der Waals surface area contributed by atoms with Gasteiger partial charge >= 0.3 is 6.09 Å². The van der Waals surface area contributed by atoms with Crippen LogP contribution in [0, 0.1) is 5.41 Å². The van der Waals surface area contributed by atoms with Gasteiger partial charge in [-0.2, -0.15) is 0 Å². The van der Waals surface area contributed by atoms with E-state index >= 15 is 0 Å². The van der Waals surface area contributed by atoms with Gasteiger partial charge in [-0.05, 0) is 59.0 Å². The molecule has 6 heteroatoms. The third kappa shape index (κ3) is 5.80. The third-order valence-corrected chi connectivity index (χ3v) is 4.02. The highest BCUT2D eigenvalue weighted by Crippen LogP contribution is 2.35. The van der Waals surface area contributed by atoms with E-state index in [1.165, 1.54) is 0 Å². The van der Waals surface area contributed by atoms with Gasteiger partial charge in [-0.3, -0.25) is 0 Å². The van der Waals surface area contributed by atoms with Gasteiger partial charge in [0.2, 0.25) is 0 Å². The molecule has 1 atom stereocenters. The Kier molecular flexibility index (Phi) is 6.43. The van der Waals surface area contributed by atoms with Gasteiger partial charge in [0.1, 0.15) is 5.60 Å². The number of likely N-dealkylation sites (N-methyl/N-ethyl adjacent to an activating group) is 1. The second kappa shape index (κ2) is 7.42. The highest BCUT2D eigenvalue weighted by molar-refractivity contribution is 5.68. The first kappa shape index (κ1) is 18.2. The predicted octanol–water partition coefficient (Wildman–Crippen LogP) is 0.933. The first-order valence-electron chi connectivity index (χ1n) is 7.72. The van der Waals surface area contributed by atoms with Crippen LogP contribution in [0.2, 0.25) is 0 Å². The van der Waals surface area contributed by atoms with E-state index in [1.807, 2.05) is 27.8 Å². The Labute approximate surface area is 128 Å². The molecule has 0 aromatic heterocycles. The highest BCUT2D eigenvalue weighted by Gasteiger charge is 2.37. The second-order valence-electron chi connectivity index (χ2n) is 7.09. The average Bonchev–Trinajstić information content (AvgIpc) is 2.37. The molecule has 0 aromatic rings. The minimum atomic E-state index is -0.470. The number of ether oxygens (including phenoxy) is 1. The Morgan fingerprint density at radius 1 is 1.43 bits per heavy atom. The smallest absolute Gasteiger partial charge is 0.410 e. The summed E-state index contributed by atoms with van der Waals surface area (Å²) in [5, 5.41) is 13.0. The number of aliphatic hydroxyl groups is 1. The molecule has 0 aromatic carbocycles. The molecule has 0 saturated carbocycles. The standard InChI is InChI=1S/C15H31N3O3/c1-14(2,3)21-13(20)18-7-5-15(11-16,6-8-18)9-12(19)10-17-4/h12,17,19H,5-11,16H2,1-4H3. The van der Waals surface area contributed by atoms with Crippen molar-refractivity contribution in [2.24, 2.45) is 11.1 Å². The van der Waals surface area contributed by atoms with Crippen molar-refractivity contribution in [2.45, 2.75) is 51.7 Å². The van der Waals surface area contributed by atoms with Crippen molar-refractivity contribution in [1.29, 1.82) is 0 Å². The van der Waals surface area contributed by atoms with Gasteiger partial charge in [-0.1, -0.05) is 0 Å². The molecule has 1 aliphatic rings. The van der Waals surface area contributed by atoms with Gasteiger partial charge in [0.25, 0.3) is 0 Å². The number of nitrogens with two attached hydrogens (primary N) is 1. The molecule has 1 unspecified atom stereocenters. The number of nitrogens with zero attached hydrogens (tertiary/aromatic N) is 1. The van der Waals surface area contributed by atoms with Crippen molar-refractivity contribution in [2.75, 3.05) is 33.2 Å². The maximum Gasteiger partial charge on any atom is 0.410 e. The van der Waals surface area contributed by atoms with Crippen molar-refractivity contribution in [3.8, 4) is 0 Å². The molecule has 124 valence electrons. The number of carbonyl (C=O) groups is 1. The quantitative estimate of drug-likeness (QED) is 0.703. The lowest BCUT2D eigenvalue weighted by atomic mass is 9.74. The Morgan fingerprint density at radius 3 is 2.43 bits per heavy atom.